The molecule has 1 N–H and O–H groups in total. The summed E-state index contributed by atoms with van der Waals surface area (Å²) in [4.78, 5) is 20.8. The standard InChI is InChI=1S/C20H26F2N4O2/c1-4-24-12-18(23-3)25-11-17-9-10-26(14-20(17,21)22)19(27)28-13-16-7-5-15(2)6-8-16/h4-8,12,17,25H,3,9-11,13-14H2,1-2H3/b18-12+,24-4-/t17-/m1/s1. The number of aryl methyl sites for hydroxylation is 1. The van der Waals surface area contributed by atoms with Crippen LogP contribution in [0, 0.1) is 12.8 Å². The second-order valence-corrected chi connectivity index (χ2v) is 6.67. The third-order valence-corrected chi connectivity index (χ3v) is 4.53. The molecular weight excluding hydrogens is 366 g/mol. The number of halogens is 2. The number of amides is 1. The number of ether oxygens (including phenoxy) is 1. The summed E-state index contributed by atoms with van der Waals surface area (Å²) < 4.78 is 34.2. The first-order valence-corrected chi connectivity index (χ1v) is 9.09. The van der Waals surface area contributed by atoms with Crippen LogP contribution in [0.5, 0.6) is 0 Å². The Morgan fingerprint density at radius 1 is 1.43 bits per heavy atom. The van der Waals surface area contributed by atoms with Crippen molar-refractivity contribution in [2.45, 2.75) is 32.8 Å². The largest absolute Gasteiger partial charge is 0.445 e. The van der Waals surface area contributed by atoms with E-state index >= 15 is 0 Å². The van der Waals surface area contributed by atoms with E-state index in [2.05, 4.69) is 22.0 Å². The fourth-order valence-electron chi connectivity index (χ4n) is 2.83. The van der Waals surface area contributed by atoms with Crippen LogP contribution in [0.3, 0.4) is 0 Å². The molecule has 1 aliphatic rings. The van der Waals surface area contributed by atoms with E-state index in [4.69, 9.17) is 4.74 Å². The topological polar surface area (TPSA) is 66.3 Å². The summed E-state index contributed by atoms with van der Waals surface area (Å²) in [6.07, 6.45) is 2.41. The van der Waals surface area contributed by atoms with Crippen molar-refractivity contribution in [1.29, 1.82) is 0 Å². The first kappa shape index (κ1) is 21.5. The highest BCUT2D eigenvalue weighted by Crippen LogP contribution is 2.33. The van der Waals surface area contributed by atoms with Crippen LogP contribution in [-0.2, 0) is 11.3 Å². The van der Waals surface area contributed by atoms with E-state index in [0.29, 0.717) is 5.82 Å². The van der Waals surface area contributed by atoms with E-state index in [1.807, 2.05) is 31.2 Å². The molecule has 8 heteroatoms. The van der Waals surface area contributed by atoms with Gasteiger partial charge in [-0.15, -0.1) is 0 Å². The zero-order valence-corrected chi connectivity index (χ0v) is 16.2. The van der Waals surface area contributed by atoms with Gasteiger partial charge in [-0.3, -0.25) is 4.99 Å². The maximum Gasteiger partial charge on any atom is 0.410 e. The lowest BCUT2D eigenvalue weighted by molar-refractivity contribution is -0.104. The van der Waals surface area contributed by atoms with Gasteiger partial charge in [-0.25, -0.2) is 18.6 Å². The maximum absolute atomic E-state index is 14.5. The monoisotopic (exact) mass is 392 g/mol. The fraction of sp³-hybridized carbons (Fsp3) is 0.450. The summed E-state index contributed by atoms with van der Waals surface area (Å²) >= 11 is 0. The van der Waals surface area contributed by atoms with Crippen molar-refractivity contribution in [1.82, 2.24) is 10.2 Å². The average Bonchev–Trinajstić information content (AvgIpc) is 2.67. The third-order valence-electron chi connectivity index (χ3n) is 4.53. The smallest absolute Gasteiger partial charge is 0.410 e. The predicted octanol–water partition coefficient (Wildman–Crippen LogP) is 3.77. The van der Waals surface area contributed by atoms with Gasteiger partial charge in [0.15, 0.2) is 0 Å². The summed E-state index contributed by atoms with van der Waals surface area (Å²) in [6.45, 7) is 6.70. The van der Waals surface area contributed by atoms with Crippen molar-refractivity contribution < 1.29 is 18.3 Å². The first-order valence-electron chi connectivity index (χ1n) is 9.09. The molecule has 6 nitrogen and oxygen atoms in total. The van der Waals surface area contributed by atoms with E-state index in [1.165, 1.54) is 6.20 Å². The van der Waals surface area contributed by atoms with Crippen LogP contribution in [-0.4, -0.2) is 49.5 Å². The Bertz CT molecular complexity index is 732. The molecule has 1 heterocycles. The Morgan fingerprint density at radius 3 is 2.75 bits per heavy atom. The number of aliphatic imine (C=N–C) groups is 2. The molecule has 1 aromatic rings. The SMILES string of the molecule is C=N/C(=C\N=C/C)NC[C@H]1CCN(C(=O)OCc2ccc(C)cc2)CC1(F)F. The number of alkyl halides is 2. The molecule has 152 valence electrons. The average molecular weight is 392 g/mol. The van der Waals surface area contributed by atoms with Crippen LogP contribution in [0.4, 0.5) is 13.6 Å². The molecular formula is C20H26F2N4O2. The molecule has 1 amide bonds. The van der Waals surface area contributed by atoms with E-state index in [9.17, 15) is 13.6 Å². The van der Waals surface area contributed by atoms with Crippen molar-refractivity contribution in [2.75, 3.05) is 19.6 Å². The van der Waals surface area contributed by atoms with Crippen molar-refractivity contribution in [3.05, 3.63) is 47.4 Å². The van der Waals surface area contributed by atoms with Crippen molar-refractivity contribution in [3.63, 3.8) is 0 Å². The van der Waals surface area contributed by atoms with Gasteiger partial charge in [0.2, 0.25) is 0 Å². The predicted molar refractivity (Wildman–Crippen MR) is 106 cm³/mol. The molecule has 0 saturated carbocycles. The number of nitrogens with zero attached hydrogens (tertiary/aromatic N) is 3. The number of hydrogen-bond acceptors (Lipinski definition) is 5. The van der Waals surface area contributed by atoms with Gasteiger partial charge in [0.1, 0.15) is 12.4 Å². The van der Waals surface area contributed by atoms with E-state index in [-0.39, 0.29) is 26.1 Å². The molecule has 1 aliphatic heterocycles. The summed E-state index contributed by atoms with van der Waals surface area (Å²) in [5, 5.41) is 2.83. The maximum atomic E-state index is 14.5. The van der Waals surface area contributed by atoms with Crippen LogP contribution in [0.15, 0.2) is 46.3 Å². The molecule has 1 atom stereocenters. The molecule has 0 bridgehead atoms. The zero-order chi connectivity index (χ0) is 20.6. The van der Waals surface area contributed by atoms with Gasteiger partial charge >= 0.3 is 6.09 Å². The number of benzene rings is 1. The molecule has 0 spiro atoms. The lowest BCUT2D eigenvalue weighted by Crippen LogP contribution is -2.53. The van der Waals surface area contributed by atoms with Crippen LogP contribution in [0.25, 0.3) is 0 Å². The van der Waals surface area contributed by atoms with Gasteiger partial charge in [0, 0.05) is 25.2 Å². The lowest BCUT2D eigenvalue weighted by Gasteiger charge is -2.37. The summed E-state index contributed by atoms with van der Waals surface area (Å²) in [6, 6.07) is 7.50. The molecule has 0 aliphatic carbocycles. The summed E-state index contributed by atoms with van der Waals surface area (Å²) in [7, 11) is 0. The van der Waals surface area contributed by atoms with Gasteiger partial charge in [-0.2, -0.15) is 0 Å². The Labute approximate surface area is 164 Å². The van der Waals surface area contributed by atoms with Crippen molar-refractivity contribution >= 4 is 19.0 Å². The normalized spacial score (nSPS) is 19.5. The molecule has 0 unspecified atom stereocenters. The van der Waals surface area contributed by atoms with Crippen LogP contribution < -0.4 is 5.32 Å². The van der Waals surface area contributed by atoms with E-state index in [0.717, 1.165) is 16.0 Å². The highest BCUT2D eigenvalue weighted by molar-refractivity contribution is 5.68. The molecule has 1 aromatic carbocycles. The van der Waals surface area contributed by atoms with Crippen molar-refractivity contribution in [2.24, 2.45) is 15.9 Å². The van der Waals surface area contributed by atoms with Crippen LogP contribution in [0.1, 0.15) is 24.5 Å². The minimum atomic E-state index is -3.03. The third kappa shape index (κ3) is 6.14. The van der Waals surface area contributed by atoms with E-state index in [1.54, 1.807) is 13.1 Å². The second-order valence-electron chi connectivity index (χ2n) is 6.67. The Kier molecular flexibility index (Phi) is 7.66. The highest BCUT2D eigenvalue weighted by atomic mass is 19.3. The van der Waals surface area contributed by atoms with Crippen molar-refractivity contribution in [3.8, 4) is 0 Å². The Balaban J connectivity index is 1.86. The number of rotatable bonds is 7. The Hall–Kier alpha value is -2.77. The van der Waals surface area contributed by atoms with E-state index < -0.39 is 24.5 Å². The number of piperidine rings is 1. The minimum absolute atomic E-state index is 0.0172. The number of carbonyl (C=O) groups is 1. The highest BCUT2D eigenvalue weighted by Gasteiger charge is 2.46. The molecule has 28 heavy (non-hydrogen) atoms. The molecule has 0 aromatic heterocycles. The minimum Gasteiger partial charge on any atom is -0.445 e. The van der Waals surface area contributed by atoms with Gasteiger partial charge in [0.05, 0.1) is 12.7 Å². The lowest BCUT2D eigenvalue weighted by atomic mass is 9.93. The summed E-state index contributed by atoms with van der Waals surface area (Å²) in [5.74, 6) is -3.63. The van der Waals surface area contributed by atoms with Gasteiger partial charge in [-0.05, 0) is 32.5 Å². The second kappa shape index (κ2) is 9.96. The number of likely N-dealkylation sites (tertiary alicyclic amines) is 1. The van der Waals surface area contributed by atoms with Gasteiger partial charge in [-0.1, -0.05) is 29.8 Å². The Morgan fingerprint density at radius 2 is 2.14 bits per heavy atom. The zero-order valence-electron chi connectivity index (χ0n) is 16.2. The van der Waals surface area contributed by atoms with Crippen LogP contribution >= 0.6 is 0 Å². The summed E-state index contributed by atoms with van der Waals surface area (Å²) in [5.41, 5.74) is 1.91. The quantitative estimate of drug-likeness (QED) is 0.719. The molecule has 0 radical (unpaired) electrons. The molecule has 2 rings (SSSR count). The van der Waals surface area contributed by atoms with Gasteiger partial charge in [0.25, 0.3) is 5.92 Å². The number of hydrogen-bond donors (Lipinski definition) is 1. The van der Waals surface area contributed by atoms with Gasteiger partial charge < -0.3 is 15.0 Å². The molecule has 1 fully saturated rings. The number of nitrogens with one attached hydrogen (secondary N) is 1. The molecule has 1 saturated heterocycles. The van der Waals surface area contributed by atoms with Crippen LogP contribution in [0.2, 0.25) is 0 Å². The first-order chi connectivity index (χ1) is 13.4. The fourth-order valence-corrected chi connectivity index (χ4v) is 2.83. The number of carbonyl (C=O) groups excluding carboxylic acids is 1.